The fourth-order valence-electron chi connectivity index (χ4n) is 2.81. The Labute approximate surface area is 154 Å². The lowest BCUT2D eigenvalue weighted by Crippen LogP contribution is -2.27. The Morgan fingerprint density at radius 3 is 1.73 bits per heavy atom. The van der Waals surface area contributed by atoms with Gasteiger partial charge in [0.1, 0.15) is 0 Å². The summed E-state index contributed by atoms with van der Waals surface area (Å²) >= 11 is 0. The summed E-state index contributed by atoms with van der Waals surface area (Å²) < 4.78 is 5.54. The number of anilines is 2. The van der Waals surface area contributed by atoms with Crippen molar-refractivity contribution >= 4 is 17.5 Å². The molecule has 0 atom stereocenters. The predicted octanol–water partition coefficient (Wildman–Crippen LogP) is 5.98. The first kappa shape index (κ1) is 17.7. The number of hydrogen-bond acceptors (Lipinski definition) is 2. The maximum Gasteiger partial charge on any atom is 0.418 e. The number of carbonyl (C=O) groups excluding carboxylic acids is 1. The van der Waals surface area contributed by atoms with Crippen molar-refractivity contribution in [1.29, 1.82) is 0 Å². The summed E-state index contributed by atoms with van der Waals surface area (Å²) in [5.41, 5.74) is 2.91. The fraction of sp³-hybridized carbons (Fsp3) is 0.174. The second-order valence-corrected chi connectivity index (χ2v) is 6.06. The van der Waals surface area contributed by atoms with Crippen molar-refractivity contribution < 1.29 is 9.53 Å². The number of hydrogen-bond donors (Lipinski definition) is 0. The highest BCUT2D eigenvalue weighted by atomic mass is 16.6. The highest BCUT2D eigenvalue weighted by Gasteiger charge is 2.18. The van der Waals surface area contributed by atoms with Crippen LogP contribution in [0.15, 0.2) is 91.0 Å². The molecule has 0 aliphatic heterocycles. The Bertz CT molecular complexity index is 749. The highest BCUT2D eigenvalue weighted by Crippen LogP contribution is 2.25. The maximum atomic E-state index is 12.7. The molecule has 3 aromatic rings. The zero-order chi connectivity index (χ0) is 18.0. The summed E-state index contributed by atoms with van der Waals surface area (Å²) in [5, 5.41) is 0. The molecule has 0 unspecified atom stereocenters. The minimum atomic E-state index is -0.345. The average molecular weight is 345 g/mol. The molecule has 0 aliphatic carbocycles. The Balaban J connectivity index is 1.56. The molecular weight excluding hydrogens is 322 g/mol. The van der Waals surface area contributed by atoms with Crippen LogP contribution in [0.25, 0.3) is 0 Å². The average Bonchev–Trinajstić information content (AvgIpc) is 2.70. The van der Waals surface area contributed by atoms with Crippen LogP contribution in [0.5, 0.6) is 0 Å². The number of aryl methyl sites for hydroxylation is 1. The van der Waals surface area contributed by atoms with Gasteiger partial charge in [0.2, 0.25) is 0 Å². The van der Waals surface area contributed by atoms with Crippen molar-refractivity contribution in [2.45, 2.75) is 19.3 Å². The minimum Gasteiger partial charge on any atom is -0.449 e. The second-order valence-electron chi connectivity index (χ2n) is 6.06. The zero-order valence-electron chi connectivity index (χ0n) is 14.8. The van der Waals surface area contributed by atoms with Crippen molar-refractivity contribution in [3.63, 3.8) is 0 Å². The van der Waals surface area contributed by atoms with Crippen molar-refractivity contribution in [2.75, 3.05) is 11.5 Å². The van der Waals surface area contributed by atoms with E-state index in [9.17, 15) is 4.79 Å². The van der Waals surface area contributed by atoms with Gasteiger partial charge in [-0.1, -0.05) is 66.7 Å². The van der Waals surface area contributed by atoms with Gasteiger partial charge in [0.05, 0.1) is 18.0 Å². The topological polar surface area (TPSA) is 29.5 Å². The van der Waals surface area contributed by atoms with Gasteiger partial charge < -0.3 is 4.74 Å². The van der Waals surface area contributed by atoms with E-state index in [0.717, 1.165) is 30.6 Å². The summed E-state index contributed by atoms with van der Waals surface area (Å²) in [5.74, 6) is 0. The molecule has 132 valence electrons. The Hall–Kier alpha value is -3.07. The third-order valence-electron chi connectivity index (χ3n) is 4.14. The van der Waals surface area contributed by atoms with E-state index in [2.05, 4.69) is 12.1 Å². The number of carbonyl (C=O) groups is 1. The molecule has 3 aromatic carbocycles. The molecule has 26 heavy (non-hydrogen) atoms. The molecule has 0 spiro atoms. The van der Waals surface area contributed by atoms with Crippen LogP contribution < -0.4 is 4.90 Å². The van der Waals surface area contributed by atoms with Crippen molar-refractivity contribution in [3.8, 4) is 0 Å². The summed E-state index contributed by atoms with van der Waals surface area (Å²) in [7, 11) is 0. The van der Waals surface area contributed by atoms with E-state index in [1.54, 1.807) is 4.90 Å². The van der Waals surface area contributed by atoms with E-state index in [1.165, 1.54) is 5.56 Å². The number of rotatable bonds is 7. The Morgan fingerprint density at radius 2 is 1.19 bits per heavy atom. The third kappa shape index (κ3) is 4.96. The number of ether oxygens (including phenoxy) is 1. The van der Waals surface area contributed by atoms with Gasteiger partial charge in [-0.05, 0) is 49.1 Å². The lowest BCUT2D eigenvalue weighted by Gasteiger charge is -2.22. The van der Waals surface area contributed by atoms with Crippen molar-refractivity contribution in [3.05, 3.63) is 96.6 Å². The monoisotopic (exact) mass is 345 g/mol. The summed E-state index contributed by atoms with van der Waals surface area (Å²) in [4.78, 5) is 14.3. The van der Waals surface area contributed by atoms with Gasteiger partial charge in [-0.3, -0.25) is 0 Å². The van der Waals surface area contributed by atoms with E-state index in [4.69, 9.17) is 4.74 Å². The van der Waals surface area contributed by atoms with Gasteiger partial charge in [0.25, 0.3) is 0 Å². The van der Waals surface area contributed by atoms with E-state index in [0.29, 0.717) is 6.61 Å². The lowest BCUT2D eigenvalue weighted by atomic mass is 10.1. The molecule has 0 saturated heterocycles. The van der Waals surface area contributed by atoms with Crippen molar-refractivity contribution in [2.24, 2.45) is 0 Å². The first-order valence-corrected chi connectivity index (χ1v) is 8.95. The molecule has 0 bridgehead atoms. The molecule has 0 radical (unpaired) electrons. The van der Waals surface area contributed by atoms with Crippen LogP contribution in [0, 0.1) is 0 Å². The van der Waals surface area contributed by atoms with E-state index in [-0.39, 0.29) is 6.09 Å². The van der Waals surface area contributed by atoms with Gasteiger partial charge in [-0.15, -0.1) is 0 Å². The first-order chi connectivity index (χ1) is 12.8. The van der Waals surface area contributed by atoms with Crippen LogP contribution in [0.3, 0.4) is 0 Å². The predicted molar refractivity (Wildman–Crippen MR) is 106 cm³/mol. The SMILES string of the molecule is O=C(OCCCCc1ccccc1)N(c1ccccc1)c1ccccc1. The van der Waals surface area contributed by atoms with Crippen LogP contribution in [0.4, 0.5) is 16.2 Å². The third-order valence-corrected chi connectivity index (χ3v) is 4.14. The van der Waals surface area contributed by atoms with Crippen molar-refractivity contribution in [1.82, 2.24) is 0 Å². The summed E-state index contributed by atoms with van der Waals surface area (Å²) in [6.07, 6.45) is 2.49. The summed E-state index contributed by atoms with van der Waals surface area (Å²) in [6, 6.07) is 29.5. The van der Waals surface area contributed by atoms with Crippen LogP contribution in [0.2, 0.25) is 0 Å². The second kappa shape index (κ2) is 9.42. The number of amides is 1. The number of nitrogens with zero attached hydrogens (tertiary/aromatic N) is 1. The smallest absolute Gasteiger partial charge is 0.418 e. The molecular formula is C23H23NO2. The van der Waals surface area contributed by atoms with Gasteiger partial charge in [-0.25, -0.2) is 9.69 Å². The van der Waals surface area contributed by atoms with Gasteiger partial charge in [0, 0.05) is 0 Å². The maximum absolute atomic E-state index is 12.7. The van der Waals surface area contributed by atoms with Gasteiger partial charge in [-0.2, -0.15) is 0 Å². The molecule has 0 aromatic heterocycles. The van der Waals surface area contributed by atoms with E-state index in [1.807, 2.05) is 78.9 Å². The normalized spacial score (nSPS) is 10.3. The van der Waals surface area contributed by atoms with Gasteiger partial charge in [0.15, 0.2) is 0 Å². The zero-order valence-corrected chi connectivity index (χ0v) is 14.8. The van der Waals surface area contributed by atoms with Crippen LogP contribution >= 0.6 is 0 Å². The standard InChI is InChI=1S/C23H23NO2/c25-23(26-19-11-10-14-20-12-4-1-5-13-20)24(21-15-6-2-7-16-21)22-17-8-3-9-18-22/h1-9,12-13,15-18H,10-11,14,19H2. The quantitative estimate of drug-likeness (QED) is 0.493. The molecule has 0 N–H and O–H groups in total. The molecule has 3 rings (SSSR count). The van der Waals surface area contributed by atoms with Crippen LogP contribution in [0.1, 0.15) is 18.4 Å². The number of benzene rings is 3. The molecule has 0 heterocycles. The molecule has 0 saturated carbocycles. The van der Waals surface area contributed by atoms with E-state index >= 15 is 0 Å². The molecule has 0 fully saturated rings. The Kier molecular flexibility index (Phi) is 6.43. The Morgan fingerprint density at radius 1 is 0.692 bits per heavy atom. The molecule has 1 amide bonds. The van der Waals surface area contributed by atoms with Crippen LogP contribution in [-0.4, -0.2) is 12.7 Å². The molecule has 3 heteroatoms. The largest absolute Gasteiger partial charge is 0.449 e. The highest BCUT2D eigenvalue weighted by molar-refractivity contribution is 5.95. The first-order valence-electron chi connectivity index (χ1n) is 8.95. The van der Waals surface area contributed by atoms with Gasteiger partial charge >= 0.3 is 6.09 Å². The van der Waals surface area contributed by atoms with Crippen LogP contribution in [-0.2, 0) is 11.2 Å². The number of unbranched alkanes of at least 4 members (excludes halogenated alkanes) is 1. The molecule has 0 aliphatic rings. The minimum absolute atomic E-state index is 0.345. The van der Waals surface area contributed by atoms with E-state index < -0.39 is 0 Å². The molecule has 3 nitrogen and oxygen atoms in total. The fourth-order valence-corrected chi connectivity index (χ4v) is 2.81. The summed E-state index contributed by atoms with van der Waals surface area (Å²) in [6.45, 7) is 0.418. The lowest BCUT2D eigenvalue weighted by molar-refractivity contribution is 0.154. The number of para-hydroxylation sites is 2.